The van der Waals surface area contributed by atoms with Crippen LogP contribution >= 0.6 is 0 Å². The Labute approximate surface area is 103 Å². The lowest BCUT2D eigenvalue weighted by Crippen LogP contribution is -2.34. The van der Waals surface area contributed by atoms with Crippen molar-refractivity contribution in [3.8, 4) is 0 Å². The lowest BCUT2D eigenvalue weighted by atomic mass is 10.1. The molecule has 2 heterocycles. The first-order valence-electron chi connectivity index (χ1n) is 6.13. The molecule has 1 aliphatic heterocycles. The van der Waals surface area contributed by atoms with Crippen LogP contribution in [-0.2, 0) is 0 Å². The molecule has 0 aliphatic carbocycles. The van der Waals surface area contributed by atoms with Gasteiger partial charge in [-0.25, -0.2) is 4.98 Å². The summed E-state index contributed by atoms with van der Waals surface area (Å²) in [6.45, 7) is 6.36. The highest BCUT2D eigenvalue weighted by Gasteiger charge is 2.32. The van der Waals surface area contributed by atoms with Crippen LogP contribution in [-0.4, -0.2) is 43.1 Å². The van der Waals surface area contributed by atoms with E-state index in [0.29, 0.717) is 12.0 Å². The van der Waals surface area contributed by atoms with E-state index < -0.39 is 0 Å². The molecule has 1 aromatic heterocycles. The number of hydrogen-bond acceptors (Lipinski definition) is 4. The Kier molecular flexibility index (Phi) is 3.24. The molecule has 1 saturated heterocycles. The molecule has 0 saturated carbocycles. The third-order valence-electron chi connectivity index (χ3n) is 3.72. The summed E-state index contributed by atoms with van der Waals surface area (Å²) in [7, 11) is 4.27. The number of nitrogens with two attached hydrogens (primary N) is 1. The Hall–Kier alpha value is -1.29. The summed E-state index contributed by atoms with van der Waals surface area (Å²) in [6.07, 6.45) is 1.84. The molecule has 4 heteroatoms. The largest absolute Gasteiger partial charge is 0.396 e. The van der Waals surface area contributed by atoms with Crippen molar-refractivity contribution in [1.82, 2.24) is 9.88 Å². The van der Waals surface area contributed by atoms with Gasteiger partial charge in [0.25, 0.3) is 0 Å². The lowest BCUT2D eigenvalue weighted by molar-refractivity contribution is 0.266. The van der Waals surface area contributed by atoms with Gasteiger partial charge in [0.05, 0.1) is 5.69 Å². The molecule has 1 aromatic rings. The predicted molar refractivity (Wildman–Crippen MR) is 72.2 cm³/mol. The van der Waals surface area contributed by atoms with E-state index in [1.54, 1.807) is 0 Å². The number of anilines is 2. The zero-order valence-electron chi connectivity index (χ0n) is 11.1. The summed E-state index contributed by atoms with van der Waals surface area (Å²) in [5.41, 5.74) is 8.04. The average molecular weight is 234 g/mol. The molecule has 2 unspecified atom stereocenters. The second-order valence-electron chi connectivity index (χ2n) is 5.28. The van der Waals surface area contributed by atoms with Crippen molar-refractivity contribution in [2.75, 3.05) is 37.8 Å². The topological polar surface area (TPSA) is 45.4 Å². The van der Waals surface area contributed by atoms with E-state index in [0.717, 1.165) is 30.2 Å². The van der Waals surface area contributed by atoms with Crippen LogP contribution in [0.5, 0.6) is 0 Å². The number of aryl methyl sites for hydroxylation is 1. The molecule has 94 valence electrons. The number of pyridine rings is 1. The third kappa shape index (κ3) is 2.22. The zero-order valence-corrected chi connectivity index (χ0v) is 11.1. The Bertz CT molecular complexity index is 402. The maximum atomic E-state index is 6.11. The van der Waals surface area contributed by atoms with Gasteiger partial charge in [-0.1, -0.05) is 6.92 Å². The van der Waals surface area contributed by atoms with E-state index >= 15 is 0 Å². The number of rotatable bonds is 2. The van der Waals surface area contributed by atoms with E-state index in [9.17, 15) is 0 Å². The quantitative estimate of drug-likeness (QED) is 0.839. The van der Waals surface area contributed by atoms with Gasteiger partial charge in [0.2, 0.25) is 0 Å². The maximum absolute atomic E-state index is 6.11. The lowest BCUT2D eigenvalue weighted by Gasteiger charge is -2.23. The maximum Gasteiger partial charge on any atom is 0.152 e. The van der Waals surface area contributed by atoms with Crippen LogP contribution < -0.4 is 10.6 Å². The number of hydrogen-bond donors (Lipinski definition) is 1. The molecule has 1 aliphatic rings. The second-order valence-corrected chi connectivity index (χ2v) is 5.28. The number of aromatic nitrogens is 1. The Morgan fingerprint density at radius 1 is 1.41 bits per heavy atom. The van der Waals surface area contributed by atoms with Crippen molar-refractivity contribution in [3.63, 3.8) is 0 Å². The molecule has 1 fully saturated rings. The van der Waals surface area contributed by atoms with Crippen LogP contribution in [0.1, 0.15) is 12.5 Å². The fourth-order valence-electron chi connectivity index (χ4n) is 2.60. The molecule has 0 bridgehead atoms. The van der Waals surface area contributed by atoms with Gasteiger partial charge in [-0.15, -0.1) is 0 Å². The highest BCUT2D eigenvalue weighted by Crippen LogP contribution is 2.29. The van der Waals surface area contributed by atoms with Gasteiger partial charge in [-0.2, -0.15) is 0 Å². The molecule has 17 heavy (non-hydrogen) atoms. The standard InChI is InChI=1S/C13H22N4/c1-9-5-6-15-13(12(9)14)17-7-10(2)11(8-17)16(3)4/h5-6,10-11H,7-8,14H2,1-4H3. The number of likely N-dealkylation sites (N-methyl/N-ethyl adjacent to an activating group) is 1. The summed E-state index contributed by atoms with van der Waals surface area (Å²) in [5.74, 6) is 1.59. The van der Waals surface area contributed by atoms with Crippen LogP contribution in [0.25, 0.3) is 0 Å². The van der Waals surface area contributed by atoms with E-state index in [2.05, 4.69) is 35.8 Å². The first-order valence-corrected chi connectivity index (χ1v) is 6.13. The van der Waals surface area contributed by atoms with Crippen molar-refractivity contribution in [2.24, 2.45) is 5.92 Å². The molecular formula is C13H22N4. The minimum atomic E-state index is 0.580. The molecule has 0 radical (unpaired) electrons. The fourth-order valence-corrected chi connectivity index (χ4v) is 2.60. The van der Waals surface area contributed by atoms with E-state index in [1.807, 2.05) is 19.2 Å². The minimum Gasteiger partial charge on any atom is -0.396 e. The Morgan fingerprint density at radius 3 is 2.71 bits per heavy atom. The van der Waals surface area contributed by atoms with Crippen molar-refractivity contribution >= 4 is 11.5 Å². The van der Waals surface area contributed by atoms with Gasteiger partial charge in [-0.3, -0.25) is 0 Å². The molecule has 0 amide bonds. The molecule has 0 aromatic carbocycles. The highest BCUT2D eigenvalue weighted by atomic mass is 15.3. The molecule has 0 spiro atoms. The SMILES string of the molecule is Cc1ccnc(N2CC(C)C(N(C)C)C2)c1N. The summed E-state index contributed by atoms with van der Waals surface area (Å²) in [6, 6.07) is 2.54. The molecule has 2 atom stereocenters. The van der Waals surface area contributed by atoms with Gasteiger partial charge in [0.15, 0.2) is 5.82 Å². The number of nitrogens with zero attached hydrogens (tertiary/aromatic N) is 3. The van der Waals surface area contributed by atoms with E-state index in [4.69, 9.17) is 5.73 Å². The van der Waals surface area contributed by atoms with Gasteiger partial charge in [-0.05, 0) is 38.6 Å². The molecular weight excluding hydrogens is 212 g/mol. The van der Waals surface area contributed by atoms with Crippen LogP contribution in [0.2, 0.25) is 0 Å². The summed E-state index contributed by atoms with van der Waals surface area (Å²) >= 11 is 0. The van der Waals surface area contributed by atoms with Gasteiger partial charge in [0.1, 0.15) is 0 Å². The smallest absolute Gasteiger partial charge is 0.152 e. The van der Waals surface area contributed by atoms with Crippen LogP contribution in [0.3, 0.4) is 0 Å². The number of nitrogen functional groups attached to an aromatic ring is 1. The van der Waals surface area contributed by atoms with Gasteiger partial charge < -0.3 is 15.5 Å². The van der Waals surface area contributed by atoms with Crippen LogP contribution in [0.15, 0.2) is 12.3 Å². The third-order valence-corrected chi connectivity index (χ3v) is 3.72. The zero-order chi connectivity index (χ0) is 12.6. The summed E-state index contributed by atoms with van der Waals surface area (Å²) in [4.78, 5) is 9.02. The minimum absolute atomic E-state index is 0.580. The average Bonchev–Trinajstić information content (AvgIpc) is 2.64. The molecule has 2 rings (SSSR count). The van der Waals surface area contributed by atoms with Crippen LogP contribution in [0, 0.1) is 12.8 Å². The van der Waals surface area contributed by atoms with Crippen molar-refractivity contribution in [1.29, 1.82) is 0 Å². The summed E-state index contributed by atoms with van der Waals surface area (Å²) in [5, 5.41) is 0. The van der Waals surface area contributed by atoms with Crippen LogP contribution in [0.4, 0.5) is 11.5 Å². The fraction of sp³-hybridized carbons (Fsp3) is 0.615. The Morgan fingerprint density at radius 2 is 2.12 bits per heavy atom. The highest BCUT2D eigenvalue weighted by molar-refractivity contribution is 5.66. The van der Waals surface area contributed by atoms with Crippen molar-refractivity contribution in [3.05, 3.63) is 17.8 Å². The molecule has 2 N–H and O–H groups in total. The monoisotopic (exact) mass is 234 g/mol. The predicted octanol–water partition coefficient (Wildman–Crippen LogP) is 1.36. The summed E-state index contributed by atoms with van der Waals surface area (Å²) < 4.78 is 0. The van der Waals surface area contributed by atoms with E-state index in [1.165, 1.54) is 0 Å². The van der Waals surface area contributed by atoms with Gasteiger partial charge >= 0.3 is 0 Å². The first kappa shape index (κ1) is 12.2. The molecule has 4 nitrogen and oxygen atoms in total. The second kappa shape index (κ2) is 4.53. The first-order chi connectivity index (χ1) is 8.00. The normalized spacial score (nSPS) is 24.6. The van der Waals surface area contributed by atoms with Gasteiger partial charge in [0, 0.05) is 25.3 Å². The van der Waals surface area contributed by atoms with E-state index in [-0.39, 0.29) is 0 Å². The van der Waals surface area contributed by atoms with Crippen molar-refractivity contribution < 1.29 is 0 Å². The van der Waals surface area contributed by atoms with Crippen molar-refractivity contribution in [2.45, 2.75) is 19.9 Å². The Balaban J connectivity index is 2.23.